The molecule has 88 valence electrons. The van der Waals surface area contributed by atoms with Gasteiger partial charge >= 0.3 is 0 Å². The molecule has 0 saturated heterocycles. The molecule has 0 unspecified atom stereocenters. The maximum atomic E-state index is 11.5. The number of anilines is 2. The molecule has 0 saturated carbocycles. The molecular formula is C12H13N3O2. The standard InChI is InChI=1S/C12H13N3O2/c13-10-4-1-9(2-5-10)3-6-12(16)14-11-7-8-17-15-11/h1-2,4-5,7-8H,3,6,13H2,(H,14,15,16). The first-order valence-electron chi connectivity index (χ1n) is 5.29. The highest BCUT2D eigenvalue weighted by Gasteiger charge is 2.04. The van der Waals surface area contributed by atoms with Gasteiger partial charge in [0.15, 0.2) is 5.82 Å². The lowest BCUT2D eigenvalue weighted by Gasteiger charge is -2.02. The van der Waals surface area contributed by atoms with Crippen molar-refractivity contribution < 1.29 is 9.32 Å². The van der Waals surface area contributed by atoms with E-state index in [0.29, 0.717) is 18.7 Å². The summed E-state index contributed by atoms with van der Waals surface area (Å²) in [5.74, 6) is 0.350. The quantitative estimate of drug-likeness (QED) is 0.786. The Labute approximate surface area is 98.6 Å². The summed E-state index contributed by atoms with van der Waals surface area (Å²) in [4.78, 5) is 11.5. The molecule has 1 aromatic carbocycles. The number of carbonyl (C=O) groups is 1. The molecule has 0 aliphatic heterocycles. The third-order valence-electron chi connectivity index (χ3n) is 2.33. The van der Waals surface area contributed by atoms with Crippen molar-refractivity contribution in [3.8, 4) is 0 Å². The van der Waals surface area contributed by atoms with Crippen molar-refractivity contribution in [3.05, 3.63) is 42.2 Å². The van der Waals surface area contributed by atoms with Crippen molar-refractivity contribution in [1.82, 2.24) is 5.16 Å². The summed E-state index contributed by atoms with van der Waals surface area (Å²) in [5.41, 5.74) is 7.38. The number of carbonyl (C=O) groups excluding carboxylic acids is 1. The molecule has 2 aromatic rings. The van der Waals surface area contributed by atoms with Crippen LogP contribution in [0.5, 0.6) is 0 Å². The van der Waals surface area contributed by atoms with Crippen LogP contribution in [0, 0.1) is 0 Å². The first-order chi connectivity index (χ1) is 8.24. The number of nitrogens with zero attached hydrogens (tertiary/aromatic N) is 1. The van der Waals surface area contributed by atoms with Crippen molar-refractivity contribution in [1.29, 1.82) is 0 Å². The van der Waals surface area contributed by atoms with Gasteiger partial charge in [-0.2, -0.15) is 0 Å². The summed E-state index contributed by atoms with van der Waals surface area (Å²) >= 11 is 0. The fourth-order valence-electron chi connectivity index (χ4n) is 1.42. The van der Waals surface area contributed by atoms with Gasteiger partial charge < -0.3 is 15.6 Å². The molecule has 0 fully saturated rings. The number of amides is 1. The average Bonchev–Trinajstić information content (AvgIpc) is 2.81. The molecule has 5 heteroatoms. The molecule has 3 N–H and O–H groups in total. The van der Waals surface area contributed by atoms with E-state index >= 15 is 0 Å². The summed E-state index contributed by atoms with van der Waals surface area (Å²) in [6.45, 7) is 0. The zero-order valence-corrected chi connectivity index (χ0v) is 9.22. The summed E-state index contributed by atoms with van der Waals surface area (Å²) in [7, 11) is 0. The number of benzene rings is 1. The van der Waals surface area contributed by atoms with Crippen molar-refractivity contribution in [2.45, 2.75) is 12.8 Å². The van der Waals surface area contributed by atoms with E-state index < -0.39 is 0 Å². The molecule has 0 spiro atoms. The molecular weight excluding hydrogens is 218 g/mol. The van der Waals surface area contributed by atoms with Gasteiger partial charge in [-0.3, -0.25) is 4.79 Å². The lowest BCUT2D eigenvalue weighted by molar-refractivity contribution is -0.116. The molecule has 0 radical (unpaired) electrons. The number of aromatic nitrogens is 1. The van der Waals surface area contributed by atoms with Gasteiger partial charge in [0.2, 0.25) is 5.91 Å². The van der Waals surface area contributed by atoms with Gasteiger partial charge in [0.1, 0.15) is 6.26 Å². The van der Waals surface area contributed by atoms with Crippen LogP contribution in [-0.4, -0.2) is 11.1 Å². The van der Waals surface area contributed by atoms with E-state index in [1.807, 2.05) is 24.3 Å². The minimum absolute atomic E-state index is 0.0873. The predicted octanol–water partition coefficient (Wildman–Crippen LogP) is 1.83. The fraction of sp³-hybridized carbons (Fsp3) is 0.167. The number of nitrogen functional groups attached to an aromatic ring is 1. The maximum absolute atomic E-state index is 11.5. The molecule has 17 heavy (non-hydrogen) atoms. The van der Waals surface area contributed by atoms with Gasteiger partial charge in [0.05, 0.1) is 0 Å². The van der Waals surface area contributed by atoms with Crippen LogP contribution in [0.1, 0.15) is 12.0 Å². The van der Waals surface area contributed by atoms with Crippen molar-refractivity contribution in [2.75, 3.05) is 11.1 Å². The number of rotatable bonds is 4. The Morgan fingerprint density at radius 1 is 1.29 bits per heavy atom. The lowest BCUT2D eigenvalue weighted by Crippen LogP contribution is -2.12. The van der Waals surface area contributed by atoms with Crippen molar-refractivity contribution in [2.24, 2.45) is 0 Å². The van der Waals surface area contributed by atoms with Gasteiger partial charge in [-0.05, 0) is 24.1 Å². The largest absolute Gasteiger partial charge is 0.399 e. The van der Waals surface area contributed by atoms with Gasteiger partial charge in [-0.1, -0.05) is 17.3 Å². The van der Waals surface area contributed by atoms with Crippen LogP contribution in [0.25, 0.3) is 0 Å². The fourth-order valence-corrected chi connectivity index (χ4v) is 1.42. The number of nitrogens with two attached hydrogens (primary N) is 1. The second kappa shape index (κ2) is 5.16. The molecule has 0 aliphatic rings. The van der Waals surface area contributed by atoms with E-state index in [1.165, 1.54) is 6.26 Å². The van der Waals surface area contributed by atoms with Crippen LogP contribution in [0.15, 0.2) is 41.1 Å². The molecule has 0 atom stereocenters. The van der Waals surface area contributed by atoms with Crippen molar-refractivity contribution in [3.63, 3.8) is 0 Å². The number of hydrogen-bond acceptors (Lipinski definition) is 4. The SMILES string of the molecule is Nc1ccc(CCC(=O)Nc2ccon2)cc1. The Hall–Kier alpha value is -2.30. The van der Waals surface area contributed by atoms with Gasteiger partial charge in [-0.25, -0.2) is 0 Å². The minimum Gasteiger partial charge on any atom is -0.399 e. The molecule has 2 rings (SSSR count). The zero-order chi connectivity index (χ0) is 12.1. The number of aryl methyl sites for hydroxylation is 1. The summed E-state index contributed by atoms with van der Waals surface area (Å²) < 4.78 is 4.61. The first kappa shape index (κ1) is 11.2. The smallest absolute Gasteiger partial charge is 0.225 e. The predicted molar refractivity (Wildman–Crippen MR) is 64.3 cm³/mol. The number of nitrogens with one attached hydrogen (secondary N) is 1. The summed E-state index contributed by atoms with van der Waals surface area (Å²) in [5, 5.41) is 6.23. The first-order valence-corrected chi connectivity index (χ1v) is 5.29. The molecule has 1 heterocycles. The van der Waals surface area contributed by atoms with Crippen molar-refractivity contribution >= 4 is 17.4 Å². The van der Waals surface area contributed by atoms with Gasteiger partial charge in [-0.15, -0.1) is 0 Å². The Bertz CT molecular complexity index is 477. The van der Waals surface area contributed by atoms with Crippen LogP contribution < -0.4 is 11.1 Å². The van der Waals surface area contributed by atoms with Crippen LogP contribution in [0.2, 0.25) is 0 Å². The lowest BCUT2D eigenvalue weighted by atomic mass is 10.1. The number of hydrogen-bond donors (Lipinski definition) is 2. The highest BCUT2D eigenvalue weighted by molar-refractivity contribution is 5.89. The highest BCUT2D eigenvalue weighted by Crippen LogP contribution is 2.08. The van der Waals surface area contributed by atoms with E-state index in [1.54, 1.807) is 6.07 Å². The van der Waals surface area contributed by atoms with Gasteiger partial charge in [0, 0.05) is 18.2 Å². The normalized spacial score (nSPS) is 10.1. The summed E-state index contributed by atoms with van der Waals surface area (Å²) in [6.07, 6.45) is 2.48. The molecule has 5 nitrogen and oxygen atoms in total. The van der Waals surface area contributed by atoms with Crippen LogP contribution >= 0.6 is 0 Å². The van der Waals surface area contributed by atoms with E-state index in [2.05, 4.69) is 15.0 Å². The zero-order valence-electron chi connectivity index (χ0n) is 9.22. The Morgan fingerprint density at radius 2 is 2.06 bits per heavy atom. The molecule has 0 aliphatic carbocycles. The minimum atomic E-state index is -0.0873. The van der Waals surface area contributed by atoms with Crippen LogP contribution in [0.3, 0.4) is 0 Å². The van der Waals surface area contributed by atoms with E-state index in [4.69, 9.17) is 5.73 Å². The highest BCUT2D eigenvalue weighted by atomic mass is 16.5. The third kappa shape index (κ3) is 3.34. The second-order valence-corrected chi connectivity index (χ2v) is 3.67. The Kier molecular flexibility index (Phi) is 3.40. The van der Waals surface area contributed by atoms with Gasteiger partial charge in [0.25, 0.3) is 0 Å². The maximum Gasteiger partial charge on any atom is 0.225 e. The van der Waals surface area contributed by atoms with E-state index in [-0.39, 0.29) is 5.91 Å². The molecule has 1 aromatic heterocycles. The average molecular weight is 231 g/mol. The van der Waals surface area contributed by atoms with Crippen LogP contribution in [0.4, 0.5) is 11.5 Å². The monoisotopic (exact) mass is 231 g/mol. The Morgan fingerprint density at radius 3 is 2.71 bits per heavy atom. The van der Waals surface area contributed by atoms with E-state index in [9.17, 15) is 4.79 Å². The second-order valence-electron chi connectivity index (χ2n) is 3.67. The Balaban J connectivity index is 1.82. The summed E-state index contributed by atoms with van der Waals surface area (Å²) in [6, 6.07) is 9.08. The van der Waals surface area contributed by atoms with Crippen LogP contribution in [-0.2, 0) is 11.2 Å². The molecule has 0 bridgehead atoms. The topological polar surface area (TPSA) is 81.2 Å². The van der Waals surface area contributed by atoms with E-state index in [0.717, 1.165) is 11.3 Å². The molecule has 1 amide bonds. The third-order valence-corrected chi connectivity index (χ3v) is 2.33.